The Bertz CT molecular complexity index is 2490. The zero-order valence-corrected chi connectivity index (χ0v) is 27.1. The Hall–Kier alpha value is -5.41. The van der Waals surface area contributed by atoms with Gasteiger partial charge in [0.05, 0.1) is 22.3 Å². The molecule has 0 N–H and O–H groups in total. The van der Waals surface area contributed by atoms with Crippen LogP contribution in [0.1, 0.15) is 60.3 Å². The number of aromatic nitrogens is 2. The van der Waals surface area contributed by atoms with E-state index in [1.807, 2.05) is 30.3 Å². The molecule has 0 fully saturated rings. The van der Waals surface area contributed by atoms with E-state index < -0.39 is 6.85 Å². The van der Waals surface area contributed by atoms with Crippen LogP contribution in [0.3, 0.4) is 0 Å². The Morgan fingerprint density at radius 2 is 1.28 bits per heavy atom. The minimum atomic E-state index is -2.22. The highest BCUT2D eigenvalue weighted by molar-refractivity contribution is 6.09. The summed E-state index contributed by atoms with van der Waals surface area (Å²) in [6, 6.07) is 43.6. The van der Waals surface area contributed by atoms with Gasteiger partial charge in [0, 0.05) is 14.9 Å². The first-order valence-corrected chi connectivity index (χ1v) is 16.4. The van der Waals surface area contributed by atoms with Crippen molar-refractivity contribution in [1.29, 1.82) is 0 Å². The summed E-state index contributed by atoms with van der Waals surface area (Å²) < 4.78 is 32.7. The number of rotatable bonds is 6. The third-order valence-electron chi connectivity index (χ3n) is 9.26. The minimum absolute atomic E-state index is 0.223. The van der Waals surface area contributed by atoms with E-state index in [-0.39, 0.29) is 17.4 Å². The van der Waals surface area contributed by atoms with E-state index in [1.165, 1.54) is 33.4 Å². The molecule has 0 amide bonds. The monoisotopic (exact) mass is 613 g/mol. The van der Waals surface area contributed by atoms with Gasteiger partial charge in [-0.3, -0.25) is 4.57 Å². The molecule has 0 radical (unpaired) electrons. The van der Waals surface area contributed by atoms with Crippen molar-refractivity contribution >= 4 is 33.0 Å². The van der Waals surface area contributed by atoms with E-state index in [4.69, 9.17) is 13.5 Å². The number of imidazole rings is 1. The van der Waals surface area contributed by atoms with Crippen LogP contribution in [0.15, 0.2) is 132 Å². The lowest BCUT2D eigenvalue weighted by Crippen LogP contribution is -2.09. The SMILES string of the molecule is [2H]C([2H])([2H])c1ccc2c(c1)oc1c(-c3nc4ccccc4n3-c3c(C(C)C)cc(-c4ccc(-c5ccccc5)cc4)cc3C(C)C)cccc12. The molecule has 0 saturated carbocycles. The second kappa shape index (κ2) is 11.4. The van der Waals surface area contributed by atoms with Gasteiger partial charge in [-0.05, 0) is 94.0 Å². The van der Waals surface area contributed by atoms with Crippen molar-refractivity contribution in [1.82, 2.24) is 9.55 Å². The third-order valence-corrected chi connectivity index (χ3v) is 9.26. The van der Waals surface area contributed by atoms with Crippen LogP contribution in [-0.4, -0.2) is 9.55 Å². The number of nitrogens with zero attached hydrogens (tertiary/aromatic N) is 2. The molecule has 47 heavy (non-hydrogen) atoms. The first-order chi connectivity index (χ1) is 24.1. The first kappa shape index (κ1) is 25.7. The van der Waals surface area contributed by atoms with E-state index in [1.54, 1.807) is 12.1 Å². The van der Waals surface area contributed by atoms with Crippen LogP contribution in [0.25, 0.3) is 72.3 Å². The van der Waals surface area contributed by atoms with E-state index in [2.05, 4.69) is 117 Å². The van der Waals surface area contributed by atoms with Crippen LogP contribution in [0.2, 0.25) is 0 Å². The number of aryl methyl sites for hydroxylation is 1. The maximum atomic E-state index is 7.95. The van der Waals surface area contributed by atoms with Gasteiger partial charge in [0.1, 0.15) is 17.0 Å². The number of furan rings is 1. The molecule has 2 aromatic heterocycles. The Kier molecular flexibility index (Phi) is 6.26. The summed E-state index contributed by atoms with van der Waals surface area (Å²) in [6.07, 6.45) is 0. The molecule has 8 aromatic rings. The van der Waals surface area contributed by atoms with Crippen molar-refractivity contribution in [3.8, 4) is 39.3 Å². The summed E-state index contributed by atoms with van der Waals surface area (Å²) in [7, 11) is 0. The maximum Gasteiger partial charge on any atom is 0.149 e. The van der Waals surface area contributed by atoms with Gasteiger partial charge in [-0.25, -0.2) is 4.98 Å². The fraction of sp³-hybridized carbons (Fsp3) is 0.159. The molecule has 8 rings (SSSR count). The van der Waals surface area contributed by atoms with Crippen molar-refractivity contribution in [2.24, 2.45) is 0 Å². The highest BCUT2D eigenvalue weighted by atomic mass is 16.3. The van der Waals surface area contributed by atoms with Crippen LogP contribution >= 0.6 is 0 Å². The molecule has 2 heterocycles. The quantitative estimate of drug-likeness (QED) is 0.187. The normalized spacial score (nSPS) is 13.1. The Balaban J connectivity index is 1.36. The molecule has 0 spiro atoms. The molecule has 3 heteroatoms. The molecule has 0 aliphatic carbocycles. The lowest BCUT2D eigenvalue weighted by Gasteiger charge is -2.24. The Labute approximate surface area is 280 Å². The van der Waals surface area contributed by atoms with Gasteiger partial charge in [0.2, 0.25) is 0 Å². The molecule has 0 atom stereocenters. The zero-order chi connectivity index (χ0) is 34.7. The largest absolute Gasteiger partial charge is 0.455 e. The highest BCUT2D eigenvalue weighted by Crippen LogP contribution is 2.42. The number of fused-ring (bicyclic) bond motifs is 4. The van der Waals surface area contributed by atoms with Crippen molar-refractivity contribution in [3.63, 3.8) is 0 Å². The van der Waals surface area contributed by atoms with E-state index >= 15 is 0 Å². The smallest absolute Gasteiger partial charge is 0.149 e. The number of benzene rings is 6. The molecule has 0 aliphatic heterocycles. The van der Waals surface area contributed by atoms with Crippen LogP contribution < -0.4 is 0 Å². The van der Waals surface area contributed by atoms with Gasteiger partial charge >= 0.3 is 0 Å². The van der Waals surface area contributed by atoms with Crippen molar-refractivity contribution < 1.29 is 8.53 Å². The summed E-state index contributed by atoms with van der Waals surface area (Å²) in [5.41, 5.74) is 12.7. The van der Waals surface area contributed by atoms with Crippen LogP contribution in [-0.2, 0) is 0 Å². The summed E-state index contributed by atoms with van der Waals surface area (Å²) in [4.78, 5) is 5.27. The van der Waals surface area contributed by atoms with E-state index in [0.29, 0.717) is 11.2 Å². The van der Waals surface area contributed by atoms with E-state index in [9.17, 15) is 0 Å². The van der Waals surface area contributed by atoms with Gasteiger partial charge in [-0.15, -0.1) is 0 Å². The predicted octanol–water partition coefficient (Wildman–Crippen LogP) is 12.5. The summed E-state index contributed by atoms with van der Waals surface area (Å²) in [5, 5.41) is 1.81. The van der Waals surface area contributed by atoms with Crippen molar-refractivity contribution in [2.45, 2.75) is 46.4 Å². The standard InChI is InChI=1S/C44H38N2O/c1-27(2)37-25-33(32-21-19-31(20-22-32)30-12-7-6-8-13-30)26-38(28(3)4)42(37)46-40-17-10-9-16-39(40)45-44(46)36-15-11-14-35-34-23-18-29(5)24-41(34)47-43(35)36/h6-28H,1-5H3/i5D3. The molecule has 6 aromatic carbocycles. The van der Waals surface area contributed by atoms with Crippen molar-refractivity contribution in [2.75, 3.05) is 0 Å². The Morgan fingerprint density at radius 3 is 1.98 bits per heavy atom. The van der Waals surface area contributed by atoms with E-state index in [0.717, 1.165) is 38.9 Å². The lowest BCUT2D eigenvalue weighted by molar-refractivity contribution is 0.669. The summed E-state index contributed by atoms with van der Waals surface area (Å²) >= 11 is 0. The molecule has 3 nitrogen and oxygen atoms in total. The average molecular weight is 614 g/mol. The topological polar surface area (TPSA) is 31.0 Å². The lowest BCUT2D eigenvalue weighted by atomic mass is 9.87. The fourth-order valence-electron chi connectivity index (χ4n) is 6.88. The number of hydrogen-bond acceptors (Lipinski definition) is 2. The highest BCUT2D eigenvalue weighted by Gasteiger charge is 2.25. The van der Waals surface area contributed by atoms with Gasteiger partial charge in [0.15, 0.2) is 0 Å². The van der Waals surface area contributed by atoms with Gasteiger partial charge in [-0.1, -0.05) is 119 Å². The average Bonchev–Trinajstić information content (AvgIpc) is 3.69. The Morgan fingerprint density at radius 1 is 0.617 bits per heavy atom. The fourth-order valence-corrected chi connectivity index (χ4v) is 6.88. The third kappa shape index (κ3) is 4.94. The van der Waals surface area contributed by atoms with Gasteiger partial charge in [0.25, 0.3) is 0 Å². The van der Waals surface area contributed by atoms with Crippen molar-refractivity contribution in [3.05, 3.63) is 144 Å². The second-order valence-corrected chi connectivity index (χ2v) is 13.0. The number of para-hydroxylation sites is 3. The maximum absolute atomic E-state index is 7.95. The summed E-state index contributed by atoms with van der Waals surface area (Å²) in [6.45, 7) is 6.80. The predicted molar refractivity (Wildman–Crippen MR) is 198 cm³/mol. The van der Waals surface area contributed by atoms with Gasteiger partial charge in [-0.2, -0.15) is 0 Å². The van der Waals surface area contributed by atoms with Crippen LogP contribution in [0.4, 0.5) is 0 Å². The summed E-state index contributed by atoms with van der Waals surface area (Å²) in [5.74, 6) is 1.23. The molecule has 0 bridgehead atoms. The molecular formula is C44H38N2O. The number of hydrogen-bond donors (Lipinski definition) is 0. The van der Waals surface area contributed by atoms with Gasteiger partial charge < -0.3 is 4.42 Å². The molecule has 230 valence electrons. The molecular weight excluding hydrogens is 572 g/mol. The molecule has 0 unspecified atom stereocenters. The minimum Gasteiger partial charge on any atom is -0.455 e. The molecule has 0 saturated heterocycles. The van der Waals surface area contributed by atoms with Crippen LogP contribution in [0.5, 0.6) is 0 Å². The molecule has 0 aliphatic rings. The zero-order valence-electron chi connectivity index (χ0n) is 30.1. The van der Waals surface area contributed by atoms with Crippen LogP contribution in [0, 0.1) is 6.85 Å². The first-order valence-electron chi connectivity index (χ1n) is 17.9. The second-order valence-electron chi connectivity index (χ2n) is 13.0.